The Labute approximate surface area is 218 Å². The number of benzene rings is 2. The minimum Gasteiger partial charge on any atom is -0.493 e. The molecule has 0 spiro atoms. The SMILES string of the molecule is COc1ccc(-c2noc(CN(C(=O)[C@@H]3CCCN(c4ccc(C)cc4)C3)C3CCCC3)n2)cc1OC. The number of hydrogen-bond acceptors (Lipinski definition) is 7. The van der Waals surface area contributed by atoms with Crippen molar-refractivity contribution in [2.24, 2.45) is 5.92 Å². The molecule has 0 bridgehead atoms. The highest BCUT2D eigenvalue weighted by atomic mass is 16.5. The maximum atomic E-state index is 13.9. The molecule has 1 saturated carbocycles. The molecule has 3 aromatic rings. The van der Waals surface area contributed by atoms with Gasteiger partial charge in [0.2, 0.25) is 17.6 Å². The molecule has 2 aromatic carbocycles. The van der Waals surface area contributed by atoms with E-state index in [0.29, 0.717) is 29.8 Å². The van der Waals surface area contributed by atoms with E-state index < -0.39 is 0 Å². The maximum absolute atomic E-state index is 13.9. The van der Waals surface area contributed by atoms with Gasteiger partial charge in [-0.1, -0.05) is 35.7 Å². The van der Waals surface area contributed by atoms with Crippen LogP contribution in [-0.2, 0) is 11.3 Å². The Kier molecular flexibility index (Phi) is 7.63. The molecule has 1 aliphatic carbocycles. The summed E-state index contributed by atoms with van der Waals surface area (Å²) < 4.78 is 16.4. The first-order valence-electron chi connectivity index (χ1n) is 13.2. The molecule has 1 aliphatic heterocycles. The standard InChI is InChI=1S/C29H36N4O4/c1-20-10-13-23(14-11-20)32-16-6-7-22(18-32)29(34)33(24-8-4-5-9-24)19-27-30-28(31-37-27)21-12-15-25(35-2)26(17-21)36-3/h10-15,17,22,24H,4-9,16,18-19H2,1-3H3/t22-/m1/s1. The summed E-state index contributed by atoms with van der Waals surface area (Å²) in [6, 6.07) is 14.3. The molecule has 0 unspecified atom stereocenters. The van der Waals surface area contributed by atoms with E-state index in [1.165, 1.54) is 11.3 Å². The van der Waals surface area contributed by atoms with Crippen LogP contribution in [0.2, 0.25) is 0 Å². The number of carbonyl (C=O) groups excluding carboxylic acids is 1. The number of carbonyl (C=O) groups is 1. The van der Waals surface area contributed by atoms with Gasteiger partial charge in [-0.2, -0.15) is 4.98 Å². The molecule has 0 N–H and O–H groups in total. The average Bonchev–Trinajstić information content (AvgIpc) is 3.64. The van der Waals surface area contributed by atoms with Crippen LogP contribution in [0, 0.1) is 12.8 Å². The maximum Gasteiger partial charge on any atom is 0.246 e. The highest BCUT2D eigenvalue weighted by Gasteiger charge is 2.35. The van der Waals surface area contributed by atoms with Gasteiger partial charge in [-0.25, -0.2) is 0 Å². The van der Waals surface area contributed by atoms with Gasteiger partial charge in [-0.05, 0) is 62.9 Å². The molecular weight excluding hydrogens is 468 g/mol. The van der Waals surface area contributed by atoms with Crippen molar-refractivity contribution in [2.45, 2.75) is 58.0 Å². The Morgan fingerprint density at radius 1 is 1.03 bits per heavy atom. The molecule has 1 aromatic heterocycles. The number of aryl methyl sites for hydroxylation is 1. The van der Waals surface area contributed by atoms with Crippen molar-refractivity contribution < 1.29 is 18.8 Å². The monoisotopic (exact) mass is 504 g/mol. The minimum atomic E-state index is -0.0381. The van der Waals surface area contributed by atoms with Crippen LogP contribution in [0.15, 0.2) is 47.0 Å². The van der Waals surface area contributed by atoms with Gasteiger partial charge in [0.1, 0.15) is 6.54 Å². The minimum absolute atomic E-state index is 0.0381. The molecule has 8 nitrogen and oxygen atoms in total. The second kappa shape index (κ2) is 11.2. The number of aromatic nitrogens is 2. The third kappa shape index (κ3) is 5.58. The van der Waals surface area contributed by atoms with E-state index in [1.54, 1.807) is 14.2 Å². The summed E-state index contributed by atoms with van der Waals surface area (Å²) in [4.78, 5) is 22.9. The van der Waals surface area contributed by atoms with Crippen molar-refractivity contribution in [3.05, 3.63) is 53.9 Å². The Morgan fingerprint density at radius 3 is 2.51 bits per heavy atom. The fourth-order valence-corrected chi connectivity index (χ4v) is 5.56. The van der Waals surface area contributed by atoms with Gasteiger partial charge in [0.25, 0.3) is 0 Å². The summed E-state index contributed by atoms with van der Waals surface area (Å²) in [6.07, 6.45) is 6.26. The second-order valence-corrected chi connectivity index (χ2v) is 10.1. The summed E-state index contributed by atoms with van der Waals surface area (Å²) in [5.74, 6) is 2.33. The van der Waals surface area contributed by atoms with Crippen LogP contribution in [0.4, 0.5) is 5.69 Å². The predicted molar refractivity (Wildman–Crippen MR) is 142 cm³/mol. The Hall–Kier alpha value is -3.55. The topological polar surface area (TPSA) is 80.9 Å². The largest absolute Gasteiger partial charge is 0.493 e. The lowest BCUT2D eigenvalue weighted by Gasteiger charge is -2.37. The van der Waals surface area contributed by atoms with E-state index in [1.807, 2.05) is 23.1 Å². The van der Waals surface area contributed by atoms with E-state index in [2.05, 4.69) is 46.2 Å². The predicted octanol–water partition coefficient (Wildman–Crippen LogP) is 5.25. The molecule has 37 heavy (non-hydrogen) atoms. The van der Waals surface area contributed by atoms with Crippen LogP contribution in [0.5, 0.6) is 11.5 Å². The lowest BCUT2D eigenvalue weighted by molar-refractivity contribution is -0.139. The van der Waals surface area contributed by atoms with E-state index >= 15 is 0 Å². The quantitative estimate of drug-likeness (QED) is 0.414. The van der Waals surface area contributed by atoms with Gasteiger partial charge in [-0.3, -0.25) is 4.79 Å². The van der Waals surface area contributed by atoms with Crippen LogP contribution in [-0.4, -0.2) is 54.3 Å². The van der Waals surface area contributed by atoms with E-state index in [-0.39, 0.29) is 17.9 Å². The Balaban J connectivity index is 1.33. The summed E-state index contributed by atoms with van der Waals surface area (Å²) in [5.41, 5.74) is 3.20. The van der Waals surface area contributed by atoms with Crippen molar-refractivity contribution in [1.82, 2.24) is 15.0 Å². The van der Waals surface area contributed by atoms with Crippen LogP contribution < -0.4 is 14.4 Å². The van der Waals surface area contributed by atoms with Crippen molar-refractivity contribution >= 4 is 11.6 Å². The van der Waals surface area contributed by atoms with Crippen LogP contribution in [0.25, 0.3) is 11.4 Å². The lowest BCUT2D eigenvalue weighted by Crippen LogP contribution is -2.47. The lowest BCUT2D eigenvalue weighted by atomic mass is 9.95. The number of methoxy groups -OCH3 is 2. The van der Waals surface area contributed by atoms with Crippen molar-refractivity contribution in [3.8, 4) is 22.9 Å². The van der Waals surface area contributed by atoms with Crippen molar-refractivity contribution in [3.63, 3.8) is 0 Å². The molecule has 5 rings (SSSR count). The van der Waals surface area contributed by atoms with Crippen molar-refractivity contribution in [1.29, 1.82) is 0 Å². The summed E-state index contributed by atoms with van der Waals surface area (Å²) in [6.45, 7) is 4.16. The zero-order valence-corrected chi connectivity index (χ0v) is 22.0. The molecule has 2 aliphatic rings. The normalized spacial score (nSPS) is 18.1. The van der Waals surface area contributed by atoms with Gasteiger partial charge in [0, 0.05) is 30.4 Å². The fourth-order valence-electron chi connectivity index (χ4n) is 5.56. The smallest absolute Gasteiger partial charge is 0.246 e. The zero-order valence-electron chi connectivity index (χ0n) is 22.0. The first-order chi connectivity index (χ1) is 18.1. The number of hydrogen-bond donors (Lipinski definition) is 0. The molecular formula is C29H36N4O4. The van der Waals surface area contributed by atoms with Gasteiger partial charge >= 0.3 is 0 Å². The van der Waals surface area contributed by atoms with Crippen LogP contribution >= 0.6 is 0 Å². The zero-order chi connectivity index (χ0) is 25.8. The molecule has 1 atom stereocenters. The number of rotatable bonds is 8. The Morgan fingerprint density at radius 2 is 1.78 bits per heavy atom. The molecule has 2 fully saturated rings. The van der Waals surface area contributed by atoms with Gasteiger partial charge in [0.05, 0.1) is 20.1 Å². The van der Waals surface area contributed by atoms with Gasteiger partial charge < -0.3 is 23.8 Å². The van der Waals surface area contributed by atoms with E-state index in [9.17, 15) is 4.79 Å². The third-order valence-electron chi connectivity index (χ3n) is 7.63. The molecule has 8 heteroatoms. The molecule has 196 valence electrons. The number of anilines is 1. The third-order valence-corrected chi connectivity index (χ3v) is 7.63. The summed E-state index contributed by atoms with van der Waals surface area (Å²) >= 11 is 0. The van der Waals surface area contributed by atoms with Gasteiger partial charge in [0.15, 0.2) is 11.5 Å². The van der Waals surface area contributed by atoms with Crippen LogP contribution in [0.3, 0.4) is 0 Å². The molecule has 1 saturated heterocycles. The van der Waals surface area contributed by atoms with Crippen molar-refractivity contribution in [2.75, 3.05) is 32.2 Å². The number of amides is 1. The highest BCUT2D eigenvalue weighted by Crippen LogP contribution is 2.33. The number of piperidine rings is 1. The highest BCUT2D eigenvalue weighted by molar-refractivity contribution is 5.80. The van der Waals surface area contributed by atoms with Gasteiger partial charge in [-0.15, -0.1) is 0 Å². The Bertz CT molecular complexity index is 1200. The molecule has 0 radical (unpaired) electrons. The van der Waals surface area contributed by atoms with E-state index in [4.69, 9.17) is 14.0 Å². The molecule has 2 heterocycles. The van der Waals surface area contributed by atoms with E-state index in [0.717, 1.165) is 57.2 Å². The average molecular weight is 505 g/mol. The van der Waals surface area contributed by atoms with Crippen LogP contribution in [0.1, 0.15) is 50.0 Å². The summed E-state index contributed by atoms with van der Waals surface area (Å²) in [5, 5.41) is 4.20. The number of ether oxygens (including phenoxy) is 2. The second-order valence-electron chi connectivity index (χ2n) is 10.1. The first-order valence-corrected chi connectivity index (χ1v) is 13.2. The summed E-state index contributed by atoms with van der Waals surface area (Å²) in [7, 11) is 3.20. The number of nitrogens with zero attached hydrogens (tertiary/aromatic N) is 4. The first kappa shape index (κ1) is 25.1. The fraction of sp³-hybridized carbons (Fsp3) is 0.483. The molecule has 1 amide bonds.